The number of aromatic nitrogens is 3. The van der Waals surface area contributed by atoms with E-state index in [1.807, 2.05) is 30.3 Å². The van der Waals surface area contributed by atoms with Crippen LogP contribution in [0.5, 0.6) is 0 Å². The van der Waals surface area contributed by atoms with Crippen LogP contribution in [0.1, 0.15) is 11.6 Å². The van der Waals surface area contributed by atoms with Crippen LogP contribution in [0, 0.1) is 5.82 Å². The number of methoxy groups -OCH3 is 1. The van der Waals surface area contributed by atoms with E-state index in [2.05, 4.69) is 15.6 Å². The molecule has 0 fully saturated rings. The second-order valence-electron chi connectivity index (χ2n) is 7.57. The third-order valence-corrected chi connectivity index (χ3v) is 5.31. The Kier molecular flexibility index (Phi) is 7.24. The lowest BCUT2D eigenvalue weighted by atomic mass is 10.0. The number of carbonyl (C=O) groups excluding carboxylic acids is 2. The minimum absolute atomic E-state index is 0.140. The smallest absolute Gasteiger partial charge is 0.249 e. The zero-order valence-electron chi connectivity index (χ0n) is 18.6. The lowest BCUT2D eigenvalue weighted by Crippen LogP contribution is -2.46. The largest absolute Gasteiger partial charge is 0.383 e. The third-order valence-electron chi connectivity index (χ3n) is 5.31. The average molecular weight is 461 g/mol. The lowest BCUT2D eigenvalue weighted by Gasteiger charge is -2.31. The van der Waals surface area contributed by atoms with Crippen LogP contribution in [0.2, 0.25) is 0 Å². The van der Waals surface area contributed by atoms with E-state index >= 15 is 0 Å². The van der Waals surface area contributed by atoms with Crippen LogP contribution in [0.15, 0.2) is 78.9 Å². The highest BCUT2D eigenvalue weighted by Crippen LogP contribution is 2.29. The van der Waals surface area contributed by atoms with Crippen LogP contribution in [-0.4, -0.2) is 47.1 Å². The Morgan fingerprint density at radius 1 is 1.03 bits per heavy atom. The van der Waals surface area contributed by atoms with Gasteiger partial charge in [-0.3, -0.25) is 14.5 Å². The number of amides is 2. The van der Waals surface area contributed by atoms with E-state index < -0.39 is 17.8 Å². The number of halogens is 1. The van der Waals surface area contributed by atoms with Crippen LogP contribution in [0.3, 0.4) is 0 Å². The minimum Gasteiger partial charge on any atom is -0.383 e. The van der Waals surface area contributed by atoms with Crippen molar-refractivity contribution in [2.45, 2.75) is 12.6 Å². The summed E-state index contributed by atoms with van der Waals surface area (Å²) in [6.45, 7) is 0.433. The van der Waals surface area contributed by atoms with Crippen LogP contribution in [0.25, 0.3) is 11.0 Å². The van der Waals surface area contributed by atoms with Crippen molar-refractivity contribution < 1.29 is 18.7 Å². The summed E-state index contributed by atoms with van der Waals surface area (Å²) in [4.78, 5) is 28.5. The minimum atomic E-state index is -1.04. The maximum atomic E-state index is 13.7. The van der Waals surface area contributed by atoms with Gasteiger partial charge in [-0.25, -0.2) is 9.07 Å². The van der Waals surface area contributed by atoms with Crippen molar-refractivity contribution >= 4 is 28.5 Å². The summed E-state index contributed by atoms with van der Waals surface area (Å²) in [6.07, 6.45) is 0. The molecule has 1 aromatic heterocycles. The summed E-state index contributed by atoms with van der Waals surface area (Å²) in [5.41, 5.74) is 2.35. The molecular weight excluding hydrogens is 437 g/mol. The number of hydrogen-bond donors (Lipinski definition) is 1. The molecule has 0 spiro atoms. The van der Waals surface area contributed by atoms with Crippen molar-refractivity contribution in [3.8, 4) is 0 Å². The Bertz CT molecular complexity index is 1260. The fraction of sp³-hybridized carbons (Fsp3) is 0.200. The van der Waals surface area contributed by atoms with E-state index in [0.29, 0.717) is 28.9 Å². The average Bonchev–Trinajstić information content (AvgIpc) is 3.26. The molecule has 3 aromatic carbocycles. The highest BCUT2D eigenvalue weighted by atomic mass is 19.1. The highest BCUT2D eigenvalue weighted by molar-refractivity contribution is 6.01. The van der Waals surface area contributed by atoms with Gasteiger partial charge in [0.15, 0.2) is 0 Å². The molecule has 4 aromatic rings. The summed E-state index contributed by atoms with van der Waals surface area (Å²) >= 11 is 0. The van der Waals surface area contributed by atoms with Gasteiger partial charge in [-0.15, -0.1) is 5.10 Å². The number of rotatable bonds is 9. The maximum absolute atomic E-state index is 13.7. The molecule has 4 rings (SSSR count). The zero-order valence-corrected chi connectivity index (χ0v) is 18.6. The normalized spacial score (nSPS) is 11.8. The molecular formula is C25H24FN5O3. The number of benzene rings is 3. The van der Waals surface area contributed by atoms with Crippen molar-refractivity contribution in [1.82, 2.24) is 20.3 Å². The summed E-state index contributed by atoms with van der Waals surface area (Å²) in [7, 11) is 1.53. The number of anilines is 1. The van der Waals surface area contributed by atoms with Crippen LogP contribution in [0.4, 0.5) is 10.1 Å². The molecule has 2 amide bonds. The van der Waals surface area contributed by atoms with Gasteiger partial charge < -0.3 is 10.1 Å². The molecule has 0 bridgehead atoms. The molecule has 0 saturated heterocycles. The van der Waals surface area contributed by atoms with E-state index in [1.54, 1.807) is 24.3 Å². The van der Waals surface area contributed by atoms with E-state index in [-0.39, 0.29) is 19.0 Å². The molecule has 1 heterocycles. The first kappa shape index (κ1) is 23.1. The predicted octanol–water partition coefficient (Wildman–Crippen LogP) is 3.11. The molecule has 8 nitrogen and oxygen atoms in total. The molecule has 34 heavy (non-hydrogen) atoms. The Labute approximate surface area is 195 Å². The van der Waals surface area contributed by atoms with Gasteiger partial charge in [-0.1, -0.05) is 47.7 Å². The molecule has 1 unspecified atom stereocenters. The molecule has 174 valence electrons. The Morgan fingerprint density at radius 3 is 2.47 bits per heavy atom. The van der Waals surface area contributed by atoms with Crippen LogP contribution < -0.4 is 10.2 Å². The van der Waals surface area contributed by atoms with Crippen LogP contribution in [-0.2, 0) is 20.9 Å². The van der Waals surface area contributed by atoms with Gasteiger partial charge in [-0.05, 0) is 42.0 Å². The number of carbonyl (C=O) groups is 2. The van der Waals surface area contributed by atoms with Crippen molar-refractivity contribution in [2.75, 3.05) is 25.2 Å². The first-order chi connectivity index (χ1) is 16.6. The molecule has 9 heteroatoms. The molecule has 1 atom stereocenters. The first-order valence-corrected chi connectivity index (χ1v) is 10.8. The number of ether oxygens (including phenoxy) is 1. The zero-order chi connectivity index (χ0) is 23.9. The number of para-hydroxylation sites is 2. The molecule has 0 aliphatic heterocycles. The monoisotopic (exact) mass is 461 g/mol. The van der Waals surface area contributed by atoms with Gasteiger partial charge in [0, 0.05) is 19.3 Å². The molecule has 0 saturated carbocycles. The second kappa shape index (κ2) is 10.7. The topological polar surface area (TPSA) is 89.4 Å². The number of fused-ring (bicyclic) bond motifs is 1. The van der Waals surface area contributed by atoms with E-state index in [4.69, 9.17) is 4.74 Å². The third kappa shape index (κ3) is 5.10. The van der Waals surface area contributed by atoms with Gasteiger partial charge in [-0.2, -0.15) is 0 Å². The summed E-state index contributed by atoms with van der Waals surface area (Å²) in [5.74, 6) is -1.23. The Morgan fingerprint density at radius 2 is 1.74 bits per heavy atom. The van der Waals surface area contributed by atoms with Crippen molar-refractivity contribution in [3.05, 3.63) is 90.2 Å². The lowest BCUT2D eigenvalue weighted by molar-refractivity contribution is -0.127. The number of hydrogen-bond acceptors (Lipinski definition) is 5. The summed E-state index contributed by atoms with van der Waals surface area (Å²) in [5, 5.41) is 11.0. The van der Waals surface area contributed by atoms with Gasteiger partial charge in [0.2, 0.25) is 11.8 Å². The van der Waals surface area contributed by atoms with Gasteiger partial charge in [0.05, 0.1) is 12.1 Å². The quantitative estimate of drug-likeness (QED) is 0.387. The standard InChI is InChI=1S/C25H24FN5O3/c1-34-16-15-27-25(33)24(18-11-13-19(26)14-12-18)31(20-7-3-2-4-8-20)23(32)17-30-22-10-6-5-9-21(22)28-29-30/h2-14,24H,15-17H2,1H3,(H,27,33). The van der Waals surface area contributed by atoms with E-state index in [9.17, 15) is 14.0 Å². The second-order valence-corrected chi connectivity index (χ2v) is 7.57. The predicted molar refractivity (Wildman–Crippen MR) is 125 cm³/mol. The van der Waals surface area contributed by atoms with Crippen molar-refractivity contribution in [1.29, 1.82) is 0 Å². The fourth-order valence-corrected chi connectivity index (χ4v) is 3.70. The maximum Gasteiger partial charge on any atom is 0.249 e. The van der Waals surface area contributed by atoms with E-state index in [0.717, 1.165) is 0 Å². The van der Waals surface area contributed by atoms with E-state index in [1.165, 1.54) is 41.0 Å². The number of nitrogens with one attached hydrogen (secondary N) is 1. The SMILES string of the molecule is COCCNC(=O)C(c1ccc(F)cc1)N(C(=O)Cn1nnc2ccccc21)c1ccccc1. The van der Waals surface area contributed by atoms with Crippen molar-refractivity contribution in [3.63, 3.8) is 0 Å². The molecule has 0 radical (unpaired) electrons. The van der Waals surface area contributed by atoms with Crippen molar-refractivity contribution in [2.24, 2.45) is 0 Å². The first-order valence-electron chi connectivity index (χ1n) is 10.8. The Hall–Kier alpha value is -4.11. The van der Waals surface area contributed by atoms with Gasteiger partial charge in [0.25, 0.3) is 0 Å². The molecule has 1 N–H and O–H groups in total. The summed E-state index contributed by atoms with van der Waals surface area (Å²) < 4.78 is 20.2. The van der Waals surface area contributed by atoms with Crippen LogP contribution >= 0.6 is 0 Å². The van der Waals surface area contributed by atoms with Gasteiger partial charge >= 0.3 is 0 Å². The number of nitrogens with zero attached hydrogens (tertiary/aromatic N) is 4. The Balaban J connectivity index is 1.75. The highest BCUT2D eigenvalue weighted by Gasteiger charge is 2.33. The van der Waals surface area contributed by atoms with Gasteiger partial charge in [0.1, 0.15) is 23.9 Å². The molecule has 0 aliphatic rings. The molecule has 0 aliphatic carbocycles. The fourth-order valence-electron chi connectivity index (χ4n) is 3.70. The summed E-state index contributed by atoms with van der Waals surface area (Å²) in [6, 6.07) is 20.7.